The second kappa shape index (κ2) is 7.78. The maximum absolute atomic E-state index is 13.7. The minimum Gasteiger partial charge on any atom is -0.438 e. The summed E-state index contributed by atoms with van der Waals surface area (Å²) in [5.41, 5.74) is 0.689. The van der Waals surface area contributed by atoms with Gasteiger partial charge in [0.25, 0.3) is 0 Å². The van der Waals surface area contributed by atoms with E-state index in [1.165, 1.54) is 27.8 Å². The van der Waals surface area contributed by atoms with E-state index in [9.17, 15) is 9.18 Å². The first-order valence-electron chi connectivity index (χ1n) is 9.49. The molecular formula is C26H20FO2S+. The molecule has 0 fully saturated rings. The van der Waals surface area contributed by atoms with E-state index in [2.05, 4.69) is 30.4 Å². The highest BCUT2D eigenvalue weighted by Gasteiger charge is 2.30. The molecule has 0 aliphatic rings. The van der Waals surface area contributed by atoms with Crippen molar-refractivity contribution in [2.75, 3.05) is 0 Å². The summed E-state index contributed by atoms with van der Waals surface area (Å²) in [4.78, 5) is 14.0. The van der Waals surface area contributed by atoms with Crippen molar-refractivity contribution in [3.8, 4) is 17.2 Å². The summed E-state index contributed by atoms with van der Waals surface area (Å²) in [6.45, 7) is 3.69. The number of benzene rings is 3. The molecule has 0 bridgehead atoms. The molecule has 1 heterocycles. The Morgan fingerprint density at radius 3 is 2.60 bits per heavy atom. The highest BCUT2D eigenvalue weighted by Crippen LogP contribution is 2.42. The van der Waals surface area contributed by atoms with E-state index < -0.39 is 17.4 Å². The molecule has 0 aliphatic carbocycles. The van der Waals surface area contributed by atoms with Crippen LogP contribution in [0.4, 0.5) is 4.39 Å². The summed E-state index contributed by atoms with van der Waals surface area (Å²) < 4.78 is 20.6. The van der Waals surface area contributed by atoms with Crippen LogP contribution in [-0.4, -0.2) is 5.97 Å². The molecule has 0 N–H and O–H groups in total. The summed E-state index contributed by atoms with van der Waals surface area (Å²) in [5, 5.41) is 3.47. The van der Waals surface area contributed by atoms with Gasteiger partial charge in [-0.15, -0.1) is 6.42 Å². The van der Waals surface area contributed by atoms with E-state index >= 15 is 0 Å². The first kappa shape index (κ1) is 19.9. The standard InChI is InChI=1S/C26H20FO2S/c1-4-26(3,20-10-8-11-21(27)16-20)29-25(28)19-9-7-12-22(15-19)30-17-18(2)23-13-5-6-14-24(23)30/h1,5-17H,2-3H3/q+1. The molecule has 0 saturated carbocycles. The summed E-state index contributed by atoms with van der Waals surface area (Å²) in [5.74, 6) is 1.52. The monoisotopic (exact) mass is 415 g/mol. The van der Waals surface area contributed by atoms with Crippen LogP contribution in [0, 0.1) is 25.1 Å². The minimum absolute atomic E-state index is 0.246. The van der Waals surface area contributed by atoms with Crippen molar-refractivity contribution in [3.05, 3.63) is 101 Å². The fraction of sp³-hybridized carbons (Fsp3) is 0.115. The Hall–Kier alpha value is -3.42. The number of aryl methyl sites for hydroxylation is 1. The topological polar surface area (TPSA) is 26.3 Å². The summed E-state index contributed by atoms with van der Waals surface area (Å²) >= 11 is 0. The van der Waals surface area contributed by atoms with Gasteiger partial charge in [-0.1, -0.05) is 36.3 Å². The number of terminal acetylenes is 1. The smallest absolute Gasteiger partial charge is 0.340 e. The van der Waals surface area contributed by atoms with Crippen molar-refractivity contribution < 1.29 is 13.9 Å². The Bertz CT molecular complexity index is 1300. The first-order chi connectivity index (χ1) is 14.4. The Kier molecular flexibility index (Phi) is 5.15. The molecule has 0 saturated heterocycles. The number of thiophene rings is 1. The molecule has 0 aliphatic heterocycles. The minimum atomic E-state index is -1.37. The molecule has 4 aromatic rings. The second-order valence-corrected chi connectivity index (χ2v) is 9.06. The lowest BCUT2D eigenvalue weighted by atomic mass is 9.96. The lowest BCUT2D eigenvalue weighted by Gasteiger charge is -2.24. The van der Waals surface area contributed by atoms with Crippen molar-refractivity contribution >= 4 is 26.5 Å². The summed E-state index contributed by atoms with van der Waals surface area (Å²) in [6, 6.07) is 21.5. The van der Waals surface area contributed by atoms with Gasteiger partial charge in [-0.3, -0.25) is 0 Å². The number of carbonyl (C=O) groups excluding carboxylic acids is 1. The van der Waals surface area contributed by atoms with Crippen molar-refractivity contribution in [3.63, 3.8) is 0 Å². The molecule has 2 nitrogen and oxygen atoms in total. The zero-order valence-electron chi connectivity index (χ0n) is 16.7. The number of carbonyl (C=O) groups is 1. The Labute approximate surface area is 177 Å². The van der Waals surface area contributed by atoms with Crippen molar-refractivity contribution in [2.24, 2.45) is 0 Å². The average Bonchev–Trinajstić information content (AvgIpc) is 3.10. The zero-order chi connectivity index (χ0) is 21.3. The molecule has 30 heavy (non-hydrogen) atoms. The fourth-order valence-corrected chi connectivity index (χ4v) is 5.61. The molecule has 1 aromatic heterocycles. The third-order valence-electron chi connectivity index (χ3n) is 5.11. The van der Waals surface area contributed by atoms with Crippen LogP contribution < -0.4 is 0 Å². The third kappa shape index (κ3) is 3.60. The van der Waals surface area contributed by atoms with Crippen molar-refractivity contribution in [1.82, 2.24) is 0 Å². The highest BCUT2D eigenvalue weighted by atomic mass is 32.2. The van der Waals surface area contributed by atoms with Crippen LogP contribution in [-0.2, 0) is 10.3 Å². The van der Waals surface area contributed by atoms with Crippen LogP contribution in [0.15, 0.2) is 78.2 Å². The predicted molar refractivity (Wildman–Crippen MR) is 121 cm³/mol. The molecule has 3 aromatic carbocycles. The van der Waals surface area contributed by atoms with Gasteiger partial charge in [0.15, 0.2) is 15.2 Å². The molecule has 0 amide bonds. The van der Waals surface area contributed by atoms with Gasteiger partial charge in [-0.2, -0.15) is 0 Å². The van der Waals surface area contributed by atoms with Crippen LogP contribution in [0.1, 0.15) is 28.4 Å². The third-order valence-corrected chi connectivity index (χ3v) is 7.30. The normalized spacial score (nSPS) is 13.5. The van der Waals surface area contributed by atoms with Gasteiger partial charge in [-0.25, -0.2) is 9.18 Å². The van der Waals surface area contributed by atoms with E-state index in [1.54, 1.807) is 25.1 Å². The molecular weight excluding hydrogens is 395 g/mol. The van der Waals surface area contributed by atoms with Gasteiger partial charge in [0.2, 0.25) is 0 Å². The quantitative estimate of drug-likeness (QED) is 0.210. The Balaban J connectivity index is 1.68. The van der Waals surface area contributed by atoms with E-state index in [1.807, 2.05) is 30.3 Å². The second-order valence-electron chi connectivity index (χ2n) is 7.24. The van der Waals surface area contributed by atoms with Crippen LogP contribution in [0.2, 0.25) is 0 Å². The molecule has 0 spiro atoms. The molecule has 4 heteroatoms. The van der Waals surface area contributed by atoms with E-state index in [0.717, 1.165) is 4.90 Å². The van der Waals surface area contributed by atoms with Gasteiger partial charge < -0.3 is 4.74 Å². The highest BCUT2D eigenvalue weighted by molar-refractivity contribution is 7.43. The van der Waals surface area contributed by atoms with E-state index in [-0.39, 0.29) is 10.5 Å². The number of fused-ring (bicyclic) bond motifs is 1. The number of rotatable bonds is 4. The largest absolute Gasteiger partial charge is 0.438 e. The molecule has 2 unspecified atom stereocenters. The molecule has 2 atom stereocenters. The summed E-state index contributed by atoms with van der Waals surface area (Å²) in [7, 11) is -0.246. The van der Waals surface area contributed by atoms with Crippen LogP contribution >= 0.6 is 10.5 Å². The average molecular weight is 416 g/mol. The van der Waals surface area contributed by atoms with E-state index in [4.69, 9.17) is 11.2 Å². The Morgan fingerprint density at radius 1 is 1.07 bits per heavy atom. The number of esters is 1. The fourth-order valence-electron chi connectivity index (χ4n) is 3.44. The van der Waals surface area contributed by atoms with Crippen LogP contribution in [0.25, 0.3) is 15.0 Å². The van der Waals surface area contributed by atoms with Gasteiger partial charge in [0.05, 0.1) is 5.56 Å². The maximum atomic E-state index is 13.7. The number of hydrogen-bond donors (Lipinski definition) is 0. The maximum Gasteiger partial charge on any atom is 0.340 e. The number of halogens is 1. The van der Waals surface area contributed by atoms with E-state index in [0.29, 0.717) is 11.1 Å². The molecule has 0 radical (unpaired) electrons. The van der Waals surface area contributed by atoms with Gasteiger partial charge in [0, 0.05) is 33.0 Å². The van der Waals surface area contributed by atoms with Gasteiger partial charge in [-0.05, 0) is 50.2 Å². The first-order valence-corrected chi connectivity index (χ1v) is 10.8. The lowest BCUT2D eigenvalue weighted by molar-refractivity contribution is 0.0128. The van der Waals surface area contributed by atoms with Gasteiger partial charge in [0.1, 0.15) is 11.2 Å². The SMILES string of the molecule is C#CC(C)(OC(=O)c1cccc(-[s+]2cc(C)c3ccccc32)c1)c1cccc(F)c1. The van der Waals surface area contributed by atoms with Crippen LogP contribution in [0.5, 0.6) is 0 Å². The van der Waals surface area contributed by atoms with Crippen molar-refractivity contribution in [1.29, 1.82) is 0 Å². The zero-order valence-corrected chi connectivity index (χ0v) is 17.5. The molecule has 148 valence electrons. The summed E-state index contributed by atoms with van der Waals surface area (Å²) in [6.07, 6.45) is 5.66. The van der Waals surface area contributed by atoms with Gasteiger partial charge >= 0.3 is 5.97 Å². The number of ether oxygens (including phenoxy) is 1. The number of hydrogen-bond acceptors (Lipinski definition) is 2. The predicted octanol–water partition coefficient (Wildman–Crippen LogP) is 6.73. The Morgan fingerprint density at radius 2 is 1.83 bits per heavy atom. The van der Waals surface area contributed by atoms with Crippen molar-refractivity contribution in [2.45, 2.75) is 19.4 Å². The lowest BCUT2D eigenvalue weighted by Crippen LogP contribution is -2.27. The molecule has 4 rings (SSSR count). The van der Waals surface area contributed by atoms with Crippen LogP contribution in [0.3, 0.4) is 0 Å².